The van der Waals surface area contributed by atoms with Gasteiger partial charge in [-0.25, -0.2) is 0 Å². The fourth-order valence-corrected chi connectivity index (χ4v) is 10.00. The molecule has 0 saturated heterocycles. The van der Waals surface area contributed by atoms with Crippen molar-refractivity contribution in [3.63, 3.8) is 0 Å². The number of nitrogens with zero attached hydrogens (tertiary/aromatic N) is 1. The Kier molecular flexibility index (Phi) is 7.14. The average molecular weight is 614 g/mol. The SMILES string of the molecule is CC1(C)c2cc(-c3ccccc3)ccc2-c2ccc(N(c3ccc(C4CC5CCC4C5)cc3)c3cccc(C4CCCCC4)c3)cc21. The summed E-state index contributed by atoms with van der Waals surface area (Å²) in [4.78, 5) is 2.53. The van der Waals surface area contributed by atoms with Crippen LogP contribution >= 0.6 is 0 Å². The highest BCUT2D eigenvalue weighted by atomic mass is 15.1. The lowest BCUT2D eigenvalue weighted by atomic mass is 9.81. The number of fused-ring (bicyclic) bond motifs is 5. The molecule has 5 aromatic rings. The first-order chi connectivity index (χ1) is 23.0. The van der Waals surface area contributed by atoms with Crippen molar-refractivity contribution in [3.8, 4) is 22.3 Å². The Morgan fingerprint density at radius 3 is 2.00 bits per heavy atom. The van der Waals surface area contributed by atoms with Gasteiger partial charge in [0.1, 0.15) is 0 Å². The molecule has 47 heavy (non-hydrogen) atoms. The molecule has 4 aliphatic rings. The van der Waals surface area contributed by atoms with Crippen molar-refractivity contribution in [2.45, 2.75) is 88.9 Å². The molecule has 4 aliphatic carbocycles. The zero-order valence-corrected chi connectivity index (χ0v) is 28.1. The lowest BCUT2D eigenvalue weighted by Gasteiger charge is -2.30. The second-order valence-corrected chi connectivity index (χ2v) is 15.6. The van der Waals surface area contributed by atoms with E-state index in [4.69, 9.17) is 0 Å². The Morgan fingerprint density at radius 2 is 1.26 bits per heavy atom. The van der Waals surface area contributed by atoms with Crippen molar-refractivity contribution >= 4 is 17.1 Å². The maximum Gasteiger partial charge on any atom is 0.0465 e. The van der Waals surface area contributed by atoms with Crippen LogP contribution in [0.4, 0.5) is 17.1 Å². The van der Waals surface area contributed by atoms with E-state index in [0.29, 0.717) is 5.92 Å². The smallest absolute Gasteiger partial charge is 0.0465 e. The first kappa shape index (κ1) is 29.1. The predicted molar refractivity (Wildman–Crippen MR) is 198 cm³/mol. The van der Waals surface area contributed by atoms with E-state index in [2.05, 4.69) is 134 Å². The van der Waals surface area contributed by atoms with Crippen molar-refractivity contribution in [1.29, 1.82) is 0 Å². The number of hydrogen-bond donors (Lipinski definition) is 0. The minimum Gasteiger partial charge on any atom is -0.310 e. The van der Waals surface area contributed by atoms with Crippen LogP contribution in [-0.2, 0) is 5.41 Å². The monoisotopic (exact) mass is 613 g/mol. The van der Waals surface area contributed by atoms with Crippen LogP contribution in [0.2, 0.25) is 0 Å². The van der Waals surface area contributed by atoms with Gasteiger partial charge in [0.05, 0.1) is 0 Å². The van der Waals surface area contributed by atoms with Crippen molar-refractivity contribution in [2.75, 3.05) is 4.90 Å². The second-order valence-electron chi connectivity index (χ2n) is 15.6. The molecule has 5 aromatic carbocycles. The molecule has 0 amide bonds. The summed E-state index contributed by atoms with van der Waals surface area (Å²) in [6.45, 7) is 4.82. The largest absolute Gasteiger partial charge is 0.310 e. The van der Waals surface area contributed by atoms with Crippen LogP contribution in [0.15, 0.2) is 115 Å². The Labute approximate surface area is 281 Å². The molecule has 3 unspecified atom stereocenters. The molecule has 0 aliphatic heterocycles. The zero-order valence-electron chi connectivity index (χ0n) is 28.1. The van der Waals surface area contributed by atoms with E-state index in [-0.39, 0.29) is 5.41 Å². The molecule has 0 aromatic heterocycles. The summed E-state index contributed by atoms with van der Waals surface area (Å²) in [6.07, 6.45) is 12.5. The molecule has 0 radical (unpaired) electrons. The minimum absolute atomic E-state index is 0.0905. The quantitative estimate of drug-likeness (QED) is 0.184. The highest BCUT2D eigenvalue weighted by molar-refractivity contribution is 5.87. The molecule has 1 nitrogen and oxygen atoms in total. The third kappa shape index (κ3) is 5.05. The number of rotatable bonds is 6. The third-order valence-electron chi connectivity index (χ3n) is 12.5. The summed E-state index contributed by atoms with van der Waals surface area (Å²) in [5.74, 6) is 3.30. The molecule has 2 bridgehead atoms. The molecule has 9 rings (SSSR count). The molecule has 0 N–H and O–H groups in total. The molecule has 1 heteroatoms. The fourth-order valence-electron chi connectivity index (χ4n) is 10.00. The molecule has 3 atom stereocenters. The Bertz CT molecular complexity index is 1910. The molecule has 0 spiro atoms. The minimum atomic E-state index is -0.0905. The van der Waals surface area contributed by atoms with Crippen LogP contribution in [0, 0.1) is 11.8 Å². The standard InChI is InChI=1S/C46H47N/c1-46(2)44-29-36(33-12-7-4-8-13-33)20-24-41(44)42-25-23-40(30-45(42)46)47(39-15-9-14-35(28-39)32-10-5-3-6-11-32)38-21-18-34(19-22-38)43-27-31-16-17-37(43)26-31/h4,7-9,12-15,18-25,28-32,37,43H,3,5-6,10-11,16-17,26-27H2,1-2H3. The van der Waals surface area contributed by atoms with Crippen molar-refractivity contribution in [1.82, 2.24) is 0 Å². The fraction of sp³-hybridized carbons (Fsp3) is 0.348. The average Bonchev–Trinajstić information content (AvgIpc) is 3.82. The number of benzene rings is 5. The predicted octanol–water partition coefficient (Wildman–Crippen LogP) is 13.1. The summed E-state index contributed by atoms with van der Waals surface area (Å²) in [6, 6.07) is 44.4. The Hall–Kier alpha value is -4.10. The Balaban J connectivity index is 1.12. The van der Waals surface area contributed by atoms with Gasteiger partial charge in [-0.15, -0.1) is 0 Å². The van der Waals surface area contributed by atoms with Gasteiger partial charge < -0.3 is 4.90 Å². The highest BCUT2D eigenvalue weighted by Crippen LogP contribution is 2.54. The van der Waals surface area contributed by atoms with Crippen LogP contribution in [0.25, 0.3) is 22.3 Å². The highest BCUT2D eigenvalue weighted by Gasteiger charge is 2.40. The topological polar surface area (TPSA) is 3.24 Å². The van der Waals surface area contributed by atoms with Gasteiger partial charge in [0.2, 0.25) is 0 Å². The number of hydrogen-bond acceptors (Lipinski definition) is 1. The van der Waals surface area contributed by atoms with Gasteiger partial charge >= 0.3 is 0 Å². The van der Waals surface area contributed by atoms with E-state index < -0.39 is 0 Å². The lowest BCUT2D eigenvalue weighted by Crippen LogP contribution is -2.17. The van der Waals surface area contributed by atoms with Crippen LogP contribution in [-0.4, -0.2) is 0 Å². The van der Waals surface area contributed by atoms with E-state index in [0.717, 1.165) is 17.8 Å². The van der Waals surface area contributed by atoms with Crippen molar-refractivity contribution in [3.05, 3.63) is 138 Å². The normalized spacial score (nSPS) is 22.6. The van der Waals surface area contributed by atoms with E-state index in [1.807, 2.05) is 0 Å². The van der Waals surface area contributed by atoms with Gasteiger partial charge in [-0.3, -0.25) is 0 Å². The summed E-state index contributed by atoms with van der Waals surface area (Å²) >= 11 is 0. The van der Waals surface area contributed by atoms with Crippen LogP contribution in [0.1, 0.15) is 106 Å². The van der Waals surface area contributed by atoms with Crippen LogP contribution < -0.4 is 4.90 Å². The molecule has 3 fully saturated rings. The molecule has 3 saturated carbocycles. The van der Waals surface area contributed by atoms with E-state index in [9.17, 15) is 0 Å². The van der Waals surface area contributed by atoms with E-state index >= 15 is 0 Å². The maximum absolute atomic E-state index is 2.53. The lowest BCUT2D eigenvalue weighted by molar-refractivity contribution is 0.420. The summed E-state index contributed by atoms with van der Waals surface area (Å²) in [5, 5.41) is 0. The molecule has 0 heterocycles. The van der Waals surface area contributed by atoms with Crippen molar-refractivity contribution in [2.24, 2.45) is 11.8 Å². The van der Waals surface area contributed by atoms with Gasteiger partial charge in [0.25, 0.3) is 0 Å². The molecular weight excluding hydrogens is 567 g/mol. The first-order valence-electron chi connectivity index (χ1n) is 18.4. The van der Waals surface area contributed by atoms with E-state index in [1.165, 1.54) is 114 Å². The van der Waals surface area contributed by atoms with E-state index in [1.54, 1.807) is 5.56 Å². The van der Waals surface area contributed by atoms with Gasteiger partial charge in [0, 0.05) is 22.5 Å². The second kappa shape index (κ2) is 11.6. The van der Waals surface area contributed by atoms with Gasteiger partial charge in [-0.2, -0.15) is 0 Å². The van der Waals surface area contributed by atoms with Crippen LogP contribution in [0.5, 0.6) is 0 Å². The molecule has 236 valence electrons. The van der Waals surface area contributed by atoms with Gasteiger partial charge in [-0.1, -0.05) is 112 Å². The van der Waals surface area contributed by atoms with Crippen molar-refractivity contribution < 1.29 is 0 Å². The Morgan fingerprint density at radius 1 is 0.532 bits per heavy atom. The van der Waals surface area contributed by atoms with Gasteiger partial charge in [-0.05, 0) is 143 Å². The zero-order chi connectivity index (χ0) is 31.5. The summed E-state index contributed by atoms with van der Waals surface area (Å²) < 4.78 is 0. The summed E-state index contributed by atoms with van der Waals surface area (Å²) in [5.41, 5.74) is 14.9. The first-order valence-corrected chi connectivity index (χ1v) is 18.4. The molecular formula is C46H47N. The maximum atomic E-state index is 2.53. The van der Waals surface area contributed by atoms with Gasteiger partial charge in [0.15, 0.2) is 0 Å². The number of anilines is 3. The third-order valence-corrected chi connectivity index (χ3v) is 12.5. The van der Waals surface area contributed by atoms with Crippen LogP contribution in [0.3, 0.4) is 0 Å². The summed E-state index contributed by atoms with van der Waals surface area (Å²) in [7, 11) is 0.